The molecule has 1 aromatic rings. The lowest BCUT2D eigenvalue weighted by Crippen LogP contribution is -2.60. The van der Waals surface area contributed by atoms with E-state index in [1.54, 1.807) is 0 Å². The van der Waals surface area contributed by atoms with E-state index in [0.29, 0.717) is 0 Å². The zero-order valence-electron chi connectivity index (χ0n) is 22.1. The first kappa shape index (κ1) is 31.3. The van der Waals surface area contributed by atoms with Crippen LogP contribution in [0.2, 0.25) is 0 Å². The summed E-state index contributed by atoms with van der Waals surface area (Å²) in [6.45, 7) is 1.86. The second-order valence-electron chi connectivity index (χ2n) is 9.87. The first-order chi connectivity index (χ1) is 17.9. The highest BCUT2D eigenvalue weighted by atomic mass is 16.7. The maximum atomic E-state index is 12.7. The molecule has 0 radical (unpaired) electrons. The van der Waals surface area contributed by atoms with Gasteiger partial charge in [-0.05, 0) is 24.6 Å². The second-order valence-corrected chi connectivity index (χ2v) is 9.87. The molecule has 9 nitrogen and oxygen atoms in total. The predicted octanol–water partition coefficient (Wildman–Crippen LogP) is 3.82. The third-order valence-electron chi connectivity index (χ3n) is 6.76. The highest BCUT2D eigenvalue weighted by molar-refractivity contribution is 5.93. The van der Waals surface area contributed by atoms with E-state index in [2.05, 4.69) is 6.92 Å². The van der Waals surface area contributed by atoms with Gasteiger partial charge in [-0.3, -0.25) is 0 Å². The van der Waals surface area contributed by atoms with Crippen molar-refractivity contribution in [2.45, 2.75) is 121 Å². The Kier molecular flexibility index (Phi) is 14.9. The lowest BCUT2D eigenvalue weighted by molar-refractivity contribution is -0.277. The second kappa shape index (κ2) is 17.6. The number of carbonyl (C=O) groups is 1. The zero-order valence-corrected chi connectivity index (χ0v) is 22.1. The monoisotopic (exact) mass is 526 g/mol. The number of hydrogen-bond donors (Lipinski definition) is 5. The van der Waals surface area contributed by atoms with Crippen LogP contribution in [0.15, 0.2) is 18.2 Å². The molecule has 37 heavy (non-hydrogen) atoms. The molecule has 0 bridgehead atoms. The minimum atomic E-state index is -1.62. The minimum absolute atomic E-state index is 0.0301. The average Bonchev–Trinajstić information content (AvgIpc) is 2.89. The van der Waals surface area contributed by atoms with Gasteiger partial charge in [0.25, 0.3) is 0 Å². The van der Waals surface area contributed by atoms with Gasteiger partial charge < -0.3 is 39.7 Å². The Labute approximate surface area is 220 Å². The number of aliphatic hydroxyl groups excluding tert-OH is 4. The van der Waals surface area contributed by atoms with Crippen molar-refractivity contribution < 1.29 is 44.5 Å². The highest BCUT2D eigenvalue weighted by Crippen LogP contribution is 2.29. The van der Waals surface area contributed by atoms with Crippen molar-refractivity contribution >= 4 is 5.97 Å². The molecule has 1 aliphatic rings. The van der Waals surface area contributed by atoms with E-state index in [1.807, 2.05) is 0 Å². The molecule has 1 aliphatic heterocycles. The van der Waals surface area contributed by atoms with Gasteiger partial charge in [-0.15, -0.1) is 0 Å². The van der Waals surface area contributed by atoms with Crippen molar-refractivity contribution in [2.24, 2.45) is 0 Å². The molecule has 1 saturated heterocycles. The van der Waals surface area contributed by atoms with Gasteiger partial charge in [0.15, 0.2) is 0 Å². The fourth-order valence-corrected chi connectivity index (χ4v) is 4.43. The molecular weight excluding hydrogens is 480 g/mol. The summed E-state index contributed by atoms with van der Waals surface area (Å²) in [6.07, 6.45) is 8.43. The van der Waals surface area contributed by atoms with Crippen molar-refractivity contribution in [1.82, 2.24) is 0 Å². The molecule has 0 amide bonds. The van der Waals surface area contributed by atoms with Gasteiger partial charge in [-0.2, -0.15) is 0 Å². The molecule has 1 heterocycles. The minimum Gasteiger partial charge on any atom is -0.508 e. The first-order valence-electron chi connectivity index (χ1n) is 13.9. The molecule has 5 N–H and O–H groups in total. The lowest BCUT2D eigenvalue weighted by atomic mass is 9.99. The van der Waals surface area contributed by atoms with Crippen molar-refractivity contribution in [2.75, 3.05) is 13.2 Å². The number of benzene rings is 1. The maximum Gasteiger partial charge on any atom is 0.342 e. The highest BCUT2D eigenvalue weighted by Gasteiger charge is 2.45. The number of hydrogen-bond acceptors (Lipinski definition) is 9. The number of aliphatic hydroxyl groups is 4. The van der Waals surface area contributed by atoms with Crippen LogP contribution in [-0.4, -0.2) is 75.4 Å². The lowest BCUT2D eigenvalue weighted by Gasteiger charge is -2.39. The molecule has 212 valence electrons. The molecule has 0 unspecified atom stereocenters. The van der Waals surface area contributed by atoms with E-state index >= 15 is 0 Å². The number of aromatic hydroxyl groups is 1. The quantitative estimate of drug-likeness (QED) is 0.142. The Bertz CT molecular complexity index is 770. The van der Waals surface area contributed by atoms with Crippen molar-refractivity contribution in [3.8, 4) is 11.5 Å². The van der Waals surface area contributed by atoms with Crippen LogP contribution in [0, 0.1) is 0 Å². The van der Waals surface area contributed by atoms with Crippen LogP contribution in [0.3, 0.4) is 0 Å². The molecule has 1 aromatic carbocycles. The fraction of sp³-hybridized carbons (Fsp3) is 0.750. The van der Waals surface area contributed by atoms with Gasteiger partial charge in [0.05, 0.1) is 13.2 Å². The SMILES string of the molecule is CCCCCCCCCCCCCCCOC(=O)c1cc(O)ccc1O[C@@H]1O[C@H](CO)[C@@H](O)[C@H](O)[C@H]1O. The maximum absolute atomic E-state index is 12.7. The number of phenols is 1. The van der Waals surface area contributed by atoms with Crippen LogP contribution in [0.4, 0.5) is 0 Å². The van der Waals surface area contributed by atoms with Crippen molar-refractivity contribution in [1.29, 1.82) is 0 Å². The summed E-state index contributed by atoms with van der Waals surface area (Å²) in [7, 11) is 0. The summed E-state index contributed by atoms with van der Waals surface area (Å²) in [5, 5.41) is 49.3. The van der Waals surface area contributed by atoms with Crippen LogP contribution >= 0.6 is 0 Å². The number of ether oxygens (including phenoxy) is 3. The molecule has 5 atom stereocenters. The average molecular weight is 527 g/mol. The molecule has 0 aliphatic carbocycles. The van der Waals surface area contributed by atoms with E-state index in [0.717, 1.165) is 19.3 Å². The van der Waals surface area contributed by atoms with Gasteiger partial charge in [0, 0.05) is 0 Å². The van der Waals surface area contributed by atoms with Gasteiger partial charge in [-0.25, -0.2) is 4.79 Å². The predicted molar refractivity (Wildman–Crippen MR) is 138 cm³/mol. The molecule has 0 spiro atoms. The number of unbranched alkanes of at least 4 members (excludes halogenated alkanes) is 12. The van der Waals surface area contributed by atoms with Gasteiger partial charge >= 0.3 is 5.97 Å². The standard InChI is InChI=1S/C28H46O9/c1-2-3-4-5-6-7-8-9-10-11-12-13-14-17-35-27(34)21-18-20(30)15-16-22(21)36-28-26(33)25(32)24(31)23(19-29)37-28/h15-16,18,23-26,28-33H,2-14,17,19H2,1H3/t23-,24-,25+,26-,28-/m1/s1. The normalized spacial score (nSPS) is 23.6. The summed E-state index contributed by atoms with van der Waals surface area (Å²) >= 11 is 0. The Balaban J connectivity index is 1.69. The summed E-state index contributed by atoms with van der Waals surface area (Å²) in [6, 6.07) is 3.80. The van der Waals surface area contributed by atoms with Crippen LogP contribution < -0.4 is 4.74 Å². The first-order valence-corrected chi connectivity index (χ1v) is 13.9. The third-order valence-corrected chi connectivity index (χ3v) is 6.76. The summed E-state index contributed by atoms with van der Waals surface area (Å²) in [5.41, 5.74) is -0.0633. The van der Waals surface area contributed by atoms with E-state index in [-0.39, 0.29) is 23.7 Å². The summed E-state index contributed by atoms with van der Waals surface area (Å²) in [5.74, 6) is -0.902. The van der Waals surface area contributed by atoms with E-state index in [9.17, 15) is 30.3 Å². The Morgan fingerprint density at radius 2 is 1.41 bits per heavy atom. The van der Waals surface area contributed by atoms with Crippen LogP contribution in [-0.2, 0) is 9.47 Å². The molecule has 2 rings (SSSR count). The van der Waals surface area contributed by atoms with E-state index < -0.39 is 43.3 Å². The third kappa shape index (κ3) is 10.8. The topological polar surface area (TPSA) is 146 Å². The molecule has 0 aromatic heterocycles. The Morgan fingerprint density at radius 3 is 1.97 bits per heavy atom. The van der Waals surface area contributed by atoms with Gasteiger partial charge in [0.1, 0.15) is 41.5 Å². The van der Waals surface area contributed by atoms with Crippen molar-refractivity contribution in [3.05, 3.63) is 23.8 Å². The summed E-state index contributed by atoms with van der Waals surface area (Å²) < 4.78 is 16.3. The largest absolute Gasteiger partial charge is 0.508 e. The molecule has 1 fully saturated rings. The molecule has 0 saturated carbocycles. The number of rotatable bonds is 18. The Morgan fingerprint density at radius 1 is 0.838 bits per heavy atom. The van der Waals surface area contributed by atoms with E-state index in [1.165, 1.54) is 82.4 Å². The van der Waals surface area contributed by atoms with Crippen LogP contribution in [0.1, 0.15) is 101 Å². The van der Waals surface area contributed by atoms with E-state index in [4.69, 9.17) is 14.2 Å². The van der Waals surface area contributed by atoms with Crippen LogP contribution in [0.25, 0.3) is 0 Å². The summed E-state index contributed by atoms with van der Waals surface area (Å²) in [4.78, 5) is 12.7. The fourth-order valence-electron chi connectivity index (χ4n) is 4.43. The van der Waals surface area contributed by atoms with Crippen molar-refractivity contribution in [3.63, 3.8) is 0 Å². The Hall–Kier alpha value is -1.91. The van der Waals surface area contributed by atoms with Crippen LogP contribution in [0.5, 0.6) is 11.5 Å². The number of esters is 1. The smallest absolute Gasteiger partial charge is 0.342 e. The molecular formula is C28H46O9. The molecule has 9 heteroatoms. The number of phenolic OH excluding ortho intramolecular Hbond substituents is 1. The zero-order chi connectivity index (χ0) is 27.0. The van der Waals surface area contributed by atoms with Gasteiger partial charge in [-0.1, -0.05) is 84.0 Å². The van der Waals surface area contributed by atoms with Gasteiger partial charge in [0.2, 0.25) is 6.29 Å². The number of carbonyl (C=O) groups excluding carboxylic acids is 1.